The van der Waals surface area contributed by atoms with Crippen molar-refractivity contribution < 1.29 is 26.8 Å². The lowest BCUT2D eigenvalue weighted by Gasteiger charge is -2.12. The molecular weight excluding hydrogens is 292 g/mol. The molecule has 0 bridgehead atoms. The summed E-state index contributed by atoms with van der Waals surface area (Å²) in [7, 11) is -3.06. The molecule has 0 saturated carbocycles. The average molecular weight is 308 g/mol. The predicted molar refractivity (Wildman–Crippen MR) is 69.5 cm³/mol. The molecule has 0 N–H and O–H groups in total. The van der Waals surface area contributed by atoms with Crippen molar-refractivity contribution in [2.24, 2.45) is 5.92 Å². The van der Waals surface area contributed by atoms with Crippen LogP contribution in [0.4, 0.5) is 17.6 Å². The lowest BCUT2D eigenvalue weighted by molar-refractivity contribution is -0.143. The Morgan fingerprint density at radius 3 is 2.25 bits per heavy atom. The third-order valence-electron chi connectivity index (χ3n) is 2.50. The first-order valence-corrected chi connectivity index (χ1v) is 7.44. The minimum Gasteiger partial charge on any atom is -0.512 e. The van der Waals surface area contributed by atoms with Crippen molar-refractivity contribution in [2.45, 2.75) is 32.2 Å². The van der Waals surface area contributed by atoms with E-state index >= 15 is 0 Å². The highest BCUT2D eigenvalue weighted by molar-refractivity contribution is 6.33. The van der Waals surface area contributed by atoms with Gasteiger partial charge in [0.15, 0.2) is 0 Å². The van der Waals surface area contributed by atoms with E-state index in [0.29, 0.717) is 5.92 Å². The van der Waals surface area contributed by atoms with Crippen LogP contribution in [0, 0.1) is 5.92 Å². The van der Waals surface area contributed by atoms with Gasteiger partial charge in [-0.25, -0.2) is 9.18 Å². The molecule has 0 heterocycles. The number of benzene rings is 1. The molecule has 0 saturated heterocycles. The molecule has 1 rings (SSSR count). The van der Waals surface area contributed by atoms with E-state index in [4.69, 9.17) is 0 Å². The van der Waals surface area contributed by atoms with E-state index in [1.807, 2.05) is 13.8 Å². The van der Waals surface area contributed by atoms with E-state index in [2.05, 4.69) is 4.43 Å². The molecule has 0 fully saturated rings. The van der Waals surface area contributed by atoms with Gasteiger partial charge in [0.1, 0.15) is 0 Å². The molecule has 112 valence electrons. The molecule has 20 heavy (non-hydrogen) atoms. The fraction of sp³-hybridized carbons (Fsp3) is 0.462. The van der Waals surface area contributed by atoms with Gasteiger partial charge in [-0.15, -0.1) is 0 Å². The van der Waals surface area contributed by atoms with Crippen molar-refractivity contribution in [3.8, 4) is 0 Å². The van der Waals surface area contributed by atoms with Crippen LogP contribution in [-0.2, 0) is 15.6 Å². The zero-order chi connectivity index (χ0) is 15.3. The van der Waals surface area contributed by atoms with Crippen molar-refractivity contribution in [3.05, 3.63) is 35.4 Å². The second-order valence-corrected chi connectivity index (χ2v) is 6.30. The molecule has 0 aliphatic rings. The monoisotopic (exact) mass is 308 g/mol. The summed E-state index contributed by atoms with van der Waals surface area (Å²) in [4.78, 5) is 11.2. The SMILES string of the molecule is CC(C)Cc1ccc(C(F)C(=O)O[SiH2]C(F)(F)F)cc1. The first kappa shape index (κ1) is 16.7. The van der Waals surface area contributed by atoms with Crippen LogP contribution in [0.15, 0.2) is 24.3 Å². The van der Waals surface area contributed by atoms with Crippen LogP contribution < -0.4 is 0 Å². The van der Waals surface area contributed by atoms with E-state index in [1.54, 1.807) is 12.1 Å². The van der Waals surface area contributed by atoms with Gasteiger partial charge in [0, 0.05) is 0 Å². The van der Waals surface area contributed by atoms with E-state index < -0.39 is 27.7 Å². The van der Waals surface area contributed by atoms with Crippen molar-refractivity contribution in [1.29, 1.82) is 0 Å². The van der Waals surface area contributed by atoms with Crippen LogP contribution in [-0.4, -0.2) is 21.5 Å². The van der Waals surface area contributed by atoms with Gasteiger partial charge in [0.25, 0.3) is 0 Å². The average Bonchev–Trinajstić information content (AvgIpc) is 2.34. The maximum absolute atomic E-state index is 13.7. The molecule has 0 amide bonds. The minimum absolute atomic E-state index is 0.0127. The lowest BCUT2D eigenvalue weighted by atomic mass is 10.0. The van der Waals surface area contributed by atoms with Gasteiger partial charge in [-0.2, -0.15) is 13.2 Å². The Morgan fingerprint density at radius 1 is 1.25 bits per heavy atom. The maximum Gasteiger partial charge on any atom is 0.394 e. The van der Waals surface area contributed by atoms with E-state index in [1.165, 1.54) is 12.1 Å². The third-order valence-corrected chi connectivity index (χ3v) is 3.26. The molecular formula is C13H16F4O2Si. The zero-order valence-corrected chi connectivity index (χ0v) is 12.6. The Labute approximate surface area is 117 Å². The molecule has 2 nitrogen and oxygen atoms in total. The van der Waals surface area contributed by atoms with Crippen molar-refractivity contribution in [1.82, 2.24) is 0 Å². The molecule has 0 aliphatic heterocycles. The molecule has 0 aliphatic carbocycles. The summed E-state index contributed by atoms with van der Waals surface area (Å²) in [6.45, 7) is 4.07. The number of halogens is 4. The highest BCUT2D eigenvalue weighted by Crippen LogP contribution is 2.21. The quantitative estimate of drug-likeness (QED) is 0.617. The first-order chi connectivity index (χ1) is 9.19. The van der Waals surface area contributed by atoms with Gasteiger partial charge in [0.05, 0.1) is 0 Å². The van der Waals surface area contributed by atoms with Crippen molar-refractivity contribution in [2.75, 3.05) is 0 Å². The number of carbonyl (C=O) groups excluding carboxylic acids is 1. The second-order valence-electron chi connectivity index (χ2n) is 4.92. The molecule has 1 atom stereocenters. The van der Waals surface area contributed by atoms with Crippen LogP contribution in [0.2, 0.25) is 0 Å². The van der Waals surface area contributed by atoms with Crippen LogP contribution >= 0.6 is 0 Å². The fourth-order valence-corrected chi connectivity index (χ4v) is 2.11. The largest absolute Gasteiger partial charge is 0.512 e. The Hall–Kier alpha value is -1.37. The summed E-state index contributed by atoms with van der Waals surface area (Å²) in [6.07, 6.45) is -1.36. The topological polar surface area (TPSA) is 26.3 Å². The van der Waals surface area contributed by atoms with Crippen LogP contribution in [0.5, 0.6) is 0 Å². The van der Waals surface area contributed by atoms with Crippen LogP contribution in [0.1, 0.15) is 31.1 Å². The summed E-state index contributed by atoms with van der Waals surface area (Å²) in [6, 6.07) is 6.13. The fourth-order valence-electron chi connectivity index (χ4n) is 1.66. The van der Waals surface area contributed by atoms with E-state index in [-0.39, 0.29) is 5.56 Å². The zero-order valence-electron chi connectivity index (χ0n) is 11.2. The highest BCUT2D eigenvalue weighted by atomic mass is 28.2. The Balaban J connectivity index is 2.62. The first-order valence-electron chi connectivity index (χ1n) is 6.15. The van der Waals surface area contributed by atoms with Gasteiger partial charge < -0.3 is 4.43 Å². The highest BCUT2D eigenvalue weighted by Gasteiger charge is 2.33. The molecule has 0 spiro atoms. The van der Waals surface area contributed by atoms with E-state index in [0.717, 1.165) is 12.0 Å². The number of alkyl halides is 4. The van der Waals surface area contributed by atoms with Gasteiger partial charge in [-0.05, 0) is 23.5 Å². The molecule has 1 unspecified atom stereocenters. The molecule has 0 aromatic heterocycles. The Morgan fingerprint density at radius 2 is 1.80 bits per heavy atom. The summed E-state index contributed by atoms with van der Waals surface area (Å²) < 4.78 is 53.5. The van der Waals surface area contributed by atoms with Crippen molar-refractivity contribution in [3.63, 3.8) is 0 Å². The van der Waals surface area contributed by atoms with Crippen LogP contribution in [0.3, 0.4) is 0 Å². The van der Waals surface area contributed by atoms with Gasteiger partial charge in [-0.3, -0.25) is 0 Å². The molecule has 7 heteroatoms. The Kier molecular flexibility index (Phi) is 5.73. The van der Waals surface area contributed by atoms with Crippen LogP contribution in [0.25, 0.3) is 0 Å². The standard InChI is InChI=1S/C13H16F4O2Si/c1-8(2)7-9-3-5-10(6-4-9)11(14)12(18)19-20-13(15,16)17/h3-6,8,11H,7,20H2,1-2H3. The molecule has 0 radical (unpaired) electrons. The molecule has 1 aromatic carbocycles. The summed E-state index contributed by atoms with van der Waals surface area (Å²) in [5.41, 5.74) is 0.993. The number of carbonyl (C=O) groups is 1. The van der Waals surface area contributed by atoms with Gasteiger partial charge in [-0.1, -0.05) is 38.1 Å². The summed E-state index contributed by atoms with van der Waals surface area (Å²) in [5, 5.41) is 0. The Bertz CT molecular complexity index is 443. The second kappa shape index (κ2) is 6.87. The smallest absolute Gasteiger partial charge is 0.394 e. The maximum atomic E-state index is 13.7. The number of hydrogen-bond acceptors (Lipinski definition) is 2. The number of rotatable bonds is 5. The van der Waals surface area contributed by atoms with Gasteiger partial charge >= 0.3 is 21.5 Å². The van der Waals surface area contributed by atoms with Gasteiger partial charge in [0.2, 0.25) is 6.17 Å². The third kappa shape index (κ3) is 5.73. The predicted octanol–water partition coefficient (Wildman–Crippen LogP) is 3.04. The molecule has 1 aromatic rings. The van der Waals surface area contributed by atoms with Crippen molar-refractivity contribution >= 4 is 15.7 Å². The lowest BCUT2D eigenvalue weighted by Crippen LogP contribution is -2.26. The van der Waals surface area contributed by atoms with E-state index in [9.17, 15) is 22.4 Å². The normalized spacial score (nSPS) is 13.9. The number of hydrogen-bond donors (Lipinski definition) is 0. The summed E-state index contributed by atoms with van der Waals surface area (Å²) in [5.74, 6) is -5.55. The minimum atomic E-state index is -4.52. The summed E-state index contributed by atoms with van der Waals surface area (Å²) >= 11 is 0.